The molecule has 0 saturated carbocycles. The maximum atomic E-state index is 13.2. The van der Waals surface area contributed by atoms with E-state index < -0.39 is 38.8 Å². The first-order valence-corrected chi connectivity index (χ1v) is 9.51. The Hall–Kier alpha value is -0.960. The number of benzene rings is 1. The zero-order valence-corrected chi connectivity index (χ0v) is 13.5. The first-order valence-electron chi connectivity index (χ1n) is 6.55. The van der Waals surface area contributed by atoms with Crippen LogP contribution in [0.4, 0.5) is 17.6 Å². The Morgan fingerprint density at radius 2 is 1.82 bits per heavy atom. The van der Waals surface area contributed by atoms with E-state index in [0.29, 0.717) is 12.8 Å². The van der Waals surface area contributed by atoms with Crippen molar-refractivity contribution in [2.75, 3.05) is 11.5 Å². The van der Waals surface area contributed by atoms with Gasteiger partial charge in [-0.2, -0.15) is 17.2 Å². The molecule has 0 aliphatic carbocycles. The smallest absolute Gasteiger partial charge is 0.204 e. The summed E-state index contributed by atoms with van der Waals surface area (Å²) in [6.45, 7) is 1.79. The normalized spacial score (nSPS) is 14.5. The van der Waals surface area contributed by atoms with E-state index in [0.717, 1.165) is 0 Å². The molecule has 0 radical (unpaired) electrons. The molecule has 3 nitrogen and oxygen atoms in total. The SMILES string of the molecule is CCCC[S@](CC(F)(F)C(F)F)=NS(=O)(=O)c1ccccc1. The number of hydrogen-bond acceptors (Lipinski definition) is 2. The van der Waals surface area contributed by atoms with E-state index >= 15 is 0 Å². The van der Waals surface area contributed by atoms with E-state index in [9.17, 15) is 26.0 Å². The summed E-state index contributed by atoms with van der Waals surface area (Å²) in [5.41, 5.74) is 0. The first kappa shape index (κ1) is 19.1. The van der Waals surface area contributed by atoms with E-state index in [1.165, 1.54) is 24.3 Å². The van der Waals surface area contributed by atoms with Crippen molar-refractivity contribution in [3.63, 3.8) is 0 Å². The van der Waals surface area contributed by atoms with Crippen LogP contribution in [0.25, 0.3) is 0 Å². The topological polar surface area (TPSA) is 46.5 Å². The number of rotatable bonds is 8. The molecular weight excluding hydrogens is 342 g/mol. The number of hydrogen-bond donors (Lipinski definition) is 0. The number of nitrogens with zero attached hydrogens (tertiary/aromatic N) is 1. The highest BCUT2D eigenvalue weighted by molar-refractivity contribution is 8.00. The molecule has 1 rings (SSSR count). The highest BCUT2D eigenvalue weighted by Crippen LogP contribution is 2.25. The van der Waals surface area contributed by atoms with Gasteiger partial charge in [-0.3, -0.25) is 0 Å². The molecule has 0 fully saturated rings. The van der Waals surface area contributed by atoms with Crippen molar-refractivity contribution >= 4 is 20.7 Å². The molecule has 0 N–H and O–H groups in total. The van der Waals surface area contributed by atoms with Crippen molar-refractivity contribution in [3.8, 4) is 0 Å². The maximum Gasteiger partial charge on any atom is 0.317 e. The minimum atomic E-state index is -4.24. The van der Waals surface area contributed by atoms with Crippen LogP contribution in [0.3, 0.4) is 0 Å². The number of sulfonamides is 1. The molecule has 0 spiro atoms. The van der Waals surface area contributed by atoms with Crippen molar-refractivity contribution in [1.29, 1.82) is 0 Å². The quantitative estimate of drug-likeness (QED) is 0.662. The molecule has 22 heavy (non-hydrogen) atoms. The van der Waals surface area contributed by atoms with Crippen LogP contribution >= 0.6 is 0 Å². The summed E-state index contributed by atoms with van der Waals surface area (Å²) in [6.07, 6.45) is -2.76. The second-order valence-corrected chi connectivity index (χ2v) is 8.23. The molecule has 0 heterocycles. The third kappa shape index (κ3) is 5.68. The Kier molecular flexibility index (Phi) is 6.98. The van der Waals surface area contributed by atoms with Crippen LogP contribution in [0.1, 0.15) is 19.8 Å². The van der Waals surface area contributed by atoms with Crippen LogP contribution in [-0.4, -0.2) is 32.3 Å². The molecule has 1 aromatic rings. The molecule has 0 aliphatic heterocycles. The zero-order valence-electron chi connectivity index (χ0n) is 11.9. The van der Waals surface area contributed by atoms with Crippen molar-refractivity contribution in [2.45, 2.75) is 37.0 Å². The van der Waals surface area contributed by atoms with Gasteiger partial charge >= 0.3 is 12.3 Å². The lowest BCUT2D eigenvalue weighted by Crippen LogP contribution is -2.34. The van der Waals surface area contributed by atoms with Gasteiger partial charge in [0.05, 0.1) is 10.6 Å². The van der Waals surface area contributed by atoms with E-state index in [4.69, 9.17) is 0 Å². The fourth-order valence-electron chi connectivity index (χ4n) is 1.51. The molecule has 0 aromatic heterocycles. The number of halogens is 4. The second-order valence-electron chi connectivity index (χ2n) is 4.59. The van der Waals surface area contributed by atoms with Crippen molar-refractivity contribution < 1.29 is 26.0 Å². The minimum absolute atomic E-state index is 0.0465. The van der Waals surface area contributed by atoms with Gasteiger partial charge in [-0.1, -0.05) is 42.2 Å². The van der Waals surface area contributed by atoms with Gasteiger partial charge in [-0.05, 0) is 18.6 Å². The van der Waals surface area contributed by atoms with Gasteiger partial charge in [0.1, 0.15) is 0 Å². The fourth-order valence-corrected chi connectivity index (χ4v) is 5.31. The van der Waals surface area contributed by atoms with Gasteiger partial charge in [0, 0.05) is 5.75 Å². The fraction of sp³-hybridized carbons (Fsp3) is 0.538. The standard InChI is InChI=1S/C13H17F4NO2S2/c1-2-3-9-21(10-13(16,17)12(14)15)18-22(19,20)11-7-5-4-6-8-11/h4-8,12H,2-3,9-10H2,1H3/t21-/m1/s1. The van der Waals surface area contributed by atoms with Gasteiger partial charge in [-0.25, -0.2) is 8.78 Å². The average Bonchev–Trinajstić information content (AvgIpc) is 2.45. The van der Waals surface area contributed by atoms with E-state index in [2.05, 4.69) is 3.77 Å². The maximum absolute atomic E-state index is 13.2. The van der Waals surface area contributed by atoms with Crippen molar-refractivity contribution in [1.82, 2.24) is 0 Å². The molecule has 0 unspecified atom stereocenters. The zero-order chi connectivity index (χ0) is 16.8. The summed E-state index contributed by atoms with van der Waals surface area (Å²) < 4.78 is 78.6. The van der Waals surface area contributed by atoms with Crippen LogP contribution < -0.4 is 0 Å². The van der Waals surface area contributed by atoms with Crippen molar-refractivity contribution in [2.24, 2.45) is 3.77 Å². The Labute approximate surface area is 129 Å². The lowest BCUT2D eigenvalue weighted by atomic mass is 10.4. The van der Waals surface area contributed by atoms with Crippen LogP contribution in [0, 0.1) is 0 Å². The highest BCUT2D eigenvalue weighted by atomic mass is 32.3. The van der Waals surface area contributed by atoms with Crippen LogP contribution in [0.2, 0.25) is 0 Å². The third-order valence-electron chi connectivity index (χ3n) is 2.66. The first-order chi connectivity index (χ1) is 10.2. The third-order valence-corrected chi connectivity index (χ3v) is 6.63. The summed E-state index contributed by atoms with van der Waals surface area (Å²) in [4.78, 5) is -0.135. The molecular formula is C13H17F4NO2S2. The molecule has 0 saturated heterocycles. The van der Waals surface area contributed by atoms with Gasteiger partial charge in [0.15, 0.2) is 0 Å². The van der Waals surface area contributed by atoms with Crippen LogP contribution in [-0.2, 0) is 20.7 Å². The predicted molar refractivity (Wildman–Crippen MR) is 79.0 cm³/mol. The van der Waals surface area contributed by atoms with E-state index in [1.54, 1.807) is 13.0 Å². The summed E-state index contributed by atoms with van der Waals surface area (Å²) in [5.74, 6) is -5.45. The number of unbranched alkanes of at least 4 members (excludes halogenated alkanes) is 1. The Bertz CT molecular complexity index is 604. The number of alkyl halides is 4. The molecule has 1 atom stereocenters. The Balaban J connectivity index is 3.10. The van der Waals surface area contributed by atoms with E-state index in [1.807, 2.05) is 0 Å². The summed E-state index contributed by atoms with van der Waals surface area (Å²) >= 11 is 0. The molecule has 0 bridgehead atoms. The predicted octanol–water partition coefficient (Wildman–Crippen LogP) is 3.88. The highest BCUT2D eigenvalue weighted by Gasteiger charge is 2.41. The molecule has 9 heteroatoms. The molecule has 0 amide bonds. The second kappa shape index (κ2) is 8.05. The van der Waals surface area contributed by atoms with Crippen LogP contribution in [0.5, 0.6) is 0 Å². The summed E-state index contributed by atoms with van der Waals surface area (Å²) in [5, 5.41) is 0. The van der Waals surface area contributed by atoms with Crippen LogP contribution in [0.15, 0.2) is 39.0 Å². The van der Waals surface area contributed by atoms with Gasteiger partial charge < -0.3 is 0 Å². The lowest BCUT2D eigenvalue weighted by Gasteiger charge is -2.17. The van der Waals surface area contributed by atoms with Crippen molar-refractivity contribution in [3.05, 3.63) is 30.3 Å². The molecule has 1 aromatic carbocycles. The largest absolute Gasteiger partial charge is 0.317 e. The van der Waals surface area contributed by atoms with Gasteiger partial charge in [0.25, 0.3) is 10.0 Å². The molecule has 0 aliphatic rings. The molecule has 126 valence electrons. The lowest BCUT2D eigenvalue weighted by molar-refractivity contribution is -0.110. The Morgan fingerprint density at radius 3 is 2.32 bits per heavy atom. The van der Waals surface area contributed by atoms with Gasteiger partial charge in [0.2, 0.25) is 0 Å². The summed E-state index contributed by atoms with van der Waals surface area (Å²) in [6, 6.07) is 7.11. The summed E-state index contributed by atoms with van der Waals surface area (Å²) in [7, 11) is -5.81. The minimum Gasteiger partial charge on any atom is -0.204 e. The van der Waals surface area contributed by atoms with E-state index in [-0.39, 0.29) is 10.6 Å². The van der Waals surface area contributed by atoms with Gasteiger partial charge in [-0.15, -0.1) is 3.77 Å². The monoisotopic (exact) mass is 359 g/mol. The Morgan fingerprint density at radius 1 is 1.23 bits per heavy atom. The average molecular weight is 359 g/mol.